The quantitative estimate of drug-likeness (QED) is 0.167. The first-order chi connectivity index (χ1) is 26.3. The number of benzene rings is 8. The minimum absolute atomic E-state index is 0.862. The van der Waals surface area contributed by atoms with Crippen LogP contribution in [0.2, 0.25) is 0 Å². The van der Waals surface area contributed by atoms with E-state index in [1.54, 1.807) is 0 Å². The third kappa shape index (κ3) is 5.38. The zero-order valence-corrected chi connectivity index (χ0v) is 28.9. The van der Waals surface area contributed by atoms with E-state index in [2.05, 4.69) is 216 Å². The Morgan fingerprint density at radius 2 is 0.774 bits per heavy atom. The third-order valence-corrected chi connectivity index (χ3v) is 10.2. The molecular formula is C50H34N2O. The zero-order valence-electron chi connectivity index (χ0n) is 28.9. The Kier molecular flexibility index (Phi) is 7.47. The summed E-state index contributed by atoms with van der Waals surface area (Å²) in [5.41, 5.74) is 16.4. The van der Waals surface area contributed by atoms with Crippen molar-refractivity contribution < 1.29 is 4.42 Å². The average molecular weight is 679 g/mol. The van der Waals surface area contributed by atoms with Gasteiger partial charge in [-0.2, -0.15) is 0 Å². The molecule has 53 heavy (non-hydrogen) atoms. The van der Waals surface area contributed by atoms with Crippen LogP contribution < -0.4 is 4.90 Å². The molecule has 0 saturated heterocycles. The number of oxazole rings is 1. The van der Waals surface area contributed by atoms with Crippen LogP contribution in [0.3, 0.4) is 0 Å². The van der Waals surface area contributed by atoms with Gasteiger partial charge in [-0.3, -0.25) is 4.40 Å². The fourth-order valence-electron chi connectivity index (χ4n) is 7.67. The molecule has 0 bridgehead atoms. The molecular weight excluding hydrogens is 645 g/mol. The van der Waals surface area contributed by atoms with Crippen LogP contribution in [-0.4, -0.2) is 4.40 Å². The van der Waals surface area contributed by atoms with Gasteiger partial charge in [0.05, 0.1) is 16.6 Å². The molecule has 0 saturated carbocycles. The van der Waals surface area contributed by atoms with Crippen molar-refractivity contribution in [3.8, 4) is 44.5 Å². The molecule has 0 aliphatic heterocycles. The number of fused-ring (bicyclic) bond motifs is 5. The lowest BCUT2D eigenvalue weighted by atomic mass is 10.0. The Labute approximate surface area is 308 Å². The van der Waals surface area contributed by atoms with Gasteiger partial charge in [0.2, 0.25) is 5.71 Å². The summed E-state index contributed by atoms with van der Waals surface area (Å²) in [6.07, 6.45) is 0. The lowest BCUT2D eigenvalue weighted by molar-refractivity contribution is 0.659. The van der Waals surface area contributed by atoms with Crippen LogP contribution in [0.4, 0.5) is 17.1 Å². The van der Waals surface area contributed by atoms with Crippen LogP contribution in [0.5, 0.6) is 0 Å². The van der Waals surface area contributed by atoms with Gasteiger partial charge >= 0.3 is 0 Å². The maximum atomic E-state index is 6.87. The molecule has 10 aromatic rings. The van der Waals surface area contributed by atoms with Gasteiger partial charge in [0.25, 0.3) is 0 Å². The standard InChI is InChI=1S/C50H34N2O/c1-4-13-35(14-5-1)37-23-29-41(30-24-37)51(42-31-25-38(26-32-42)36-15-6-2-7-16-36)43-33-27-39(28-34-43)44-20-12-22-47-49(44)53-50-48(40-17-8-3-9-18-40)45-19-10-11-21-46(45)52(47)50/h1-34H. The summed E-state index contributed by atoms with van der Waals surface area (Å²) >= 11 is 0. The van der Waals surface area contributed by atoms with E-state index in [9.17, 15) is 0 Å². The molecule has 0 fully saturated rings. The number of anilines is 3. The lowest BCUT2D eigenvalue weighted by Crippen LogP contribution is -2.09. The van der Waals surface area contributed by atoms with Gasteiger partial charge in [0.15, 0.2) is 5.58 Å². The van der Waals surface area contributed by atoms with Crippen LogP contribution in [0.25, 0.3) is 72.2 Å². The molecule has 0 unspecified atom stereocenters. The summed E-state index contributed by atoms with van der Waals surface area (Å²) in [5.74, 6) is 0. The van der Waals surface area contributed by atoms with Gasteiger partial charge in [0, 0.05) is 28.0 Å². The SMILES string of the molecule is c1ccc(-c2ccc(N(c3ccc(-c4ccccc4)cc3)c3ccc(-c4cccc5c4oc4c(-c6ccccc6)c6ccccc6n45)cc3)cc2)cc1. The highest BCUT2D eigenvalue weighted by Gasteiger charge is 2.21. The number of hydrogen-bond acceptors (Lipinski definition) is 2. The van der Waals surface area contributed by atoms with E-state index in [0.717, 1.165) is 61.6 Å². The second-order valence-corrected chi connectivity index (χ2v) is 13.4. The molecule has 0 radical (unpaired) electrons. The van der Waals surface area contributed by atoms with Crippen molar-refractivity contribution in [3.05, 3.63) is 206 Å². The van der Waals surface area contributed by atoms with Crippen LogP contribution >= 0.6 is 0 Å². The van der Waals surface area contributed by atoms with Crippen molar-refractivity contribution in [1.29, 1.82) is 0 Å². The van der Waals surface area contributed by atoms with Gasteiger partial charge < -0.3 is 9.32 Å². The molecule has 2 heterocycles. The second kappa shape index (κ2) is 12.9. The molecule has 0 N–H and O–H groups in total. The summed E-state index contributed by atoms with van der Waals surface area (Å²) in [5, 5.41) is 1.18. The van der Waals surface area contributed by atoms with E-state index in [1.807, 2.05) is 0 Å². The second-order valence-electron chi connectivity index (χ2n) is 13.4. The van der Waals surface area contributed by atoms with Crippen LogP contribution in [0, 0.1) is 0 Å². The van der Waals surface area contributed by atoms with Gasteiger partial charge in [0.1, 0.15) is 0 Å². The van der Waals surface area contributed by atoms with Crippen LogP contribution in [0.1, 0.15) is 0 Å². The Hall–Kier alpha value is -7.10. The van der Waals surface area contributed by atoms with Crippen molar-refractivity contribution in [2.45, 2.75) is 0 Å². The Bertz CT molecular complexity index is 2750. The molecule has 0 amide bonds. The number of nitrogens with zero attached hydrogens (tertiary/aromatic N) is 2. The first-order valence-electron chi connectivity index (χ1n) is 18.0. The largest absolute Gasteiger partial charge is 0.437 e. The van der Waals surface area contributed by atoms with Crippen LogP contribution in [-0.2, 0) is 0 Å². The number of hydrogen-bond donors (Lipinski definition) is 0. The minimum atomic E-state index is 0.862. The lowest BCUT2D eigenvalue weighted by Gasteiger charge is -2.26. The van der Waals surface area contributed by atoms with Gasteiger partial charge in [-0.15, -0.1) is 0 Å². The summed E-state index contributed by atoms with van der Waals surface area (Å²) in [4.78, 5) is 2.32. The monoisotopic (exact) mass is 678 g/mol. The first kappa shape index (κ1) is 30.7. The fraction of sp³-hybridized carbons (Fsp3) is 0. The van der Waals surface area contributed by atoms with E-state index in [-0.39, 0.29) is 0 Å². The highest BCUT2D eigenvalue weighted by atomic mass is 16.3. The first-order valence-corrected chi connectivity index (χ1v) is 18.0. The zero-order chi connectivity index (χ0) is 35.1. The number of aromatic nitrogens is 1. The Morgan fingerprint density at radius 1 is 0.340 bits per heavy atom. The molecule has 0 atom stereocenters. The van der Waals surface area contributed by atoms with Crippen LogP contribution in [0.15, 0.2) is 211 Å². The molecule has 3 heteroatoms. The number of rotatable bonds is 7. The van der Waals surface area contributed by atoms with Crippen molar-refractivity contribution in [2.75, 3.05) is 4.90 Å². The van der Waals surface area contributed by atoms with E-state index in [1.165, 1.54) is 27.6 Å². The molecule has 10 rings (SSSR count). The maximum absolute atomic E-state index is 6.87. The van der Waals surface area contributed by atoms with Crippen molar-refractivity contribution in [1.82, 2.24) is 4.40 Å². The maximum Gasteiger partial charge on any atom is 0.213 e. The normalized spacial score (nSPS) is 11.4. The molecule has 0 aliphatic carbocycles. The minimum Gasteiger partial charge on any atom is -0.437 e. The molecule has 2 aromatic heterocycles. The number of para-hydroxylation sites is 2. The topological polar surface area (TPSA) is 20.8 Å². The molecule has 8 aromatic carbocycles. The van der Waals surface area contributed by atoms with Gasteiger partial charge in [-0.05, 0) is 81.9 Å². The molecule has 250 valence electrons. The predicted octanol–water partition coefficient (Wildman–Crippen LogP) is 14.0. The predicted molar refractivity (Wildman–Crippen MR) is 221 cm³/mol. The van der Waals surface area contributed by atoms with Crippen molar-refractivity contribution in [2.24, 2.45) is 0 Å². The fourth-order valence-corrected chi connectivity index (χ4v) is 7.67. The Balaban J connectivity index is 1.07. The average Bonchev–Trinajstić information content (AvgIpc) is 3.78. The van der Waals surface area contributed by atoms with E-state index in [0.29, 0.717) is 0 Å². The molecule has 0 aliphatic rings. The van der Waals surface area contributed by atoms with E-state index >= 15 is 0 Å². The highest BCUT2D eigenvalue weighted by molar-refractivity contribution is 6.08. The van der Waals surface area contributed by atoms with Gasteiger partial charge in [-0.25, -0.2) is 0 Å². The third-order valence-electron chi connectivity index (χ3n) is 10.2. The Morgan fingerprint density at radius 3 is 1.32 bits per heavy atom. The summed E-state index contributed by atoms with van der Waals surface area (Å²) in [6.45, 7) is 0. The summed E-state index contributed by atoms with van der Waals surface area (Å²) < 4.78 is 9.14. The van der Waals surface area contributed by atoms with Crippen molar-refractivity contribution in [3.63, 3.8) is 0 Å². The molecule has 3 nitrogen and oxygen atoms in total. The van der Waals surface area contributed by atoms with Gasteiger partial charge in [-0.1, -0.05) is 158 Å². The molecule has 0 spiro atoms. The summed E-state index contributed by atoms with van der Waals surface area (Å²) in [6, 6.07) is 73.1. The van der Waals surface area contributed by atoms with E-state index in [4.69, 9.17) is 4.42 Å². The van der Waals surface area contributed by atoms with E-state index < -0.39 is 0 Å². The highest BCUT2D eigenvalue weighted by Crippen LogP contribution is 2.42. The smallest absolute Gasteiger partial charge is 0.213 e. The summed E-state index contributed by atoms with van der Waals surface area (Å²) in [7, 11) is 0. The van der Waals surface area contributed by atoms with Crippen molar-refractivity contribution >= 4 is 44.8 Å².